The van der Waals surface area contributed by atoms with Crippen molar-refractivity contribution in [2.45, 2.75) is 18.4 Å². The lowest BCUT2D eigenvalue weighted by molar-refractivity contribution is 0.415. The van der Waals surface area contributed by atoms with Gasteiger partial charge in [0.25, 0.3) is 0 Å². The highest BCUT2D eigenvalue weighted by Gasteiger charge is 2.50. The average molecular weight is 267 g/mol. The minimum Gasteiger partial charge on any atom is -0.497 e. The summed E-state index contributed by atoms with van der Waals surface area (Å²) in [6.45, 7) is 0. The molecule has 0 aliphatic heterocycles. The van der Waals surface area contributed by atoms with Crippen LogP contribution in [0, 0.1) is 0 Å². The molecule has 0 amide bonds. The number of rotatable bonds is 4. The third kappa shape index (κ3) is 2.29. The number of thiocarbonyl (C=S) groups is 1. The second-order valence-corrected chi connectivity index (χ2v) is 5.76. The van der Waals surface area contributed by atoms with Gasteiger partial charge in [-0.2, -0.15) is 0 Å². The summed E-state index contributed by atoms with van der Waals surface area (Å²) in [5, 5.41) is 0. The van der Waals surface area contributed by atoms with Crippen LogP contribution in [0.2, 0.25) is 0 Å². The van der Waals surface area contributed by atoms with E-state index in [1.54, 1.807) is 18.9 Å². The molecular weight excluding hydrogens is 250 g/mol. The van der Waals surface area contributed by atoms with Gasteiger partial charge in [0.05, 0.1) is 16.8 Å². The third-order valence-corrected chi connectivity index (χ3v) is 5.02. The molecule has 2 rings (SSSR count). The van der Waals surface area contributed by atoms with Gasteiger partial charge in [-0.25, -0.2) is 0 Å². The Hall–Kier alpha value is -0.740. The minimum atomic E-state index is 0.101. The van der Waals surface area contributed by atoms with Crippen molar-refractivity contribution in [3.8, 4) is 5.75 Å². The Bertz CT molecular complexity index is 412. The van der Waals surface area contributed by atoms with Crippen LogP contribution in [0.25, 0.3) is 0 Å². The maximum absolute atomic E-state index is 5.48. The fraction of sp³-hybridized carbons (Fsp3) is 0.462. The summed E-state index contributed by atoms with van der Waals surface area (Å²) in [4.78, 5) is 2.30. The molecule has 1 saturated carbocycles. The Labute approximate surface area is 112 Å². The number of hydrogen-bond acceptors (Lipinski definition) is 4. The predicted octanol–water partition coefficient (Wildman–Crippen LogP) is 3.35. The number of hydrogen-bond donors (Lipinski definition) is 0. The summed E-state index contributed by atoms with van der Waals surface area (Å²) in [5.41, 5.74) is 1.29. The zero-order chi connectivity index (χ0) is 12.5. The predicted molar refractivity (Wildman–Crippen MR) is 79.5 cm³/mol. The van der Waals surface area contributed by atoms with Gasteiger partial charge in [-0.1, -0.05) is 12.2 Å². The first-order valence-electron chi connectivity index (χ1n) is 5.60. The van der Waals surface area contributed by atoms with Gasteiger partial charge in [0, 0.05) is 12.7 Å². The van der Waals surface area contributed by atoms with Crippen molar-refractivity contribution in [1.29, 1.82) is 0 Å². The van der Waals surface area contributed by atoms with Gasteiger partial charge >= 0.3 is 0 Å². The Morgan fingerprint density at radius 1 is 1.35 bits per heavy atom. The number of anilines is 1. The van der Waals surface area contributed by atoms with Crippen LogP contribution in [-0.4, -0.2) is 30.1 Å². The van der Waals surface area contributed by atoms with Crippen LogP contribution in [0.5, 0.6) is 5.75 Å². The van der Waals surface area contributed by atoms with Crippen molar-refractivity contribution in [2.24, 2.45) is 0 Å². The largest absolute Gasteiger partial charge is 0.497 e. The quantitative estimate of drug-likeness (QED) is 0.775. The molecule has 1 fully saturated rings. The molecule has 2 nitrogen and oxygen atoms in total. The molecule has 4 heteroatoms. The summed E-state index contributed by atoms with van der Waals surface area (Å²) in [6.07, 6.45) is 4.38. The number of benzene rings is 1. The molecule has 1 aromatic rings. The van der Waals surface area contributed by atoms with Crippen molar-refractivity contribution in [2.75, 3.05) is 25.3 Å². The van der Waals surface area contributed by atoms with Crippen LogP contribution < -0.4 is 9.64 Å². The highest BCUT2D eigenvalue weighted by molar-refractivity contribution is 8.23. The molecule has 0 spiro atoms. The number of nitrogens with zero attached hydrogens (tertiary/aromatic N) is 1. The summed E-state index contributed by atoms with van der Waals surface area (Å²) in [7, 11) is 3.81. The van der Waals surface area contributed by atoms with Gasteiger partial charge in [-0.15, -0.1) is 11.8 Å². The monoisotopic (exact) mass is 267 g/mol. The van der Waals surface area contributed by atoms with E-state index in [2.05, 4.69) is 30.3 Å². The van der Waals surface area contributed by atoms with Gasteiger partial charge in [0.1, 0.15) is 5.75 Å². The normalized spacial score (nSPS) is 16.4. The topological polar surface area (TPSA) is 12.5 Å². The molecule has 0 N–H and O–H groups in total. The van der Waals surface area contributed by atoms with E-state index in [4.69, 9.17) is 17.0 Å². The second kappa shape index (κ2) is 4.86. The van der Waals surface area contributed by atoms with E-state index < -0.39 is 0 Å². The molecule has 1 aromatic carbocycles. The highest BCUT2D eigenvalue weighted by Crippen LogP contribution is 2.47. The van der Waals surface area contributed by atoms with E-state index in [0.29, 0.717) is 0 Å². The second-order valence-electron chi connectivity index (χ2n) is 4.28. The van der Waals surface area contributed by atoms with Crippen LogP contribution in [0.1, 0.15) is 12.8 Å². The highest BCUT2D eigenvalue weighted by atomic mass is 32.2. The standard InChI is InChI=1S/C13H17NOS2/c1-14(13(8-9-13)12(16)17-3)10-4-6-11(15-2)7-5-10/h4-7H,8-9H2,1-3H3. The lowest BCUT2D eigenvalue weighted by Gasteiger charge is -2.30. The molecule has 0 bridgehead atoms. The molecule has 17 heavy (non-hydrogen) atoms. The lowest BCUT2D eigenvalue weighted by Crippen LogP contribution is -2.38. The maximum atomic E-state index is 5.48. The number of thioether (sulfide) groups is 1. The van der Waals surface area contributed by atoms with Crippen LogP contribution in [0.4, 0.5) is 5.69 Å². The SMILES string of the molecule is COc1ccc(N(C)C2(C(=S)SC)CC2)cc1. The lowest BCUT2D eigenvalue weighted by atomic mass is 10.2. The van der Waals surface area contributed by atoms with Crippen molar-refractivity contribution in [3.05, 3.63) is 24.3 Å². The zero-order valence-electron chi connectivity index (χ0n) is 10.4. The molecule has 92 valence electrons. The summed E-state index contributed by atoms with van der Waals surface area (Å²) >= 11 is 7.17. The van der Waals surface area contributed by atoms with Crippen LogP contribution in [0.3, 0.4) is 0 Å². The molecule has 0 aromatic heterocycles. The summed E-state index contributed by atoms with van der Waals surface area (Å²) in [5.74, 6) is 0.888. The molecule has 1 aliphatic carbocycles. The molecule has 0 atom stereocenters. The minimum absolute atomic E-state index is 0.101. The third-order valence-electron chi connectivity index (χ3n) is 3.39. The van der Waals surface area contributed by atoms with Crippen molar-refractivity contribution in [1.82, 2.24) is 0 Å². The Balaban J connectivity index is 2.19. The first-order valence-corrected chi connectivity index (χ1v) is 7.23. The van der Waals surface area contributed by atoms with Crippen molar-refractivity contribution < 1.29 is 4.74 Å². The number of methoxy groups -OCH3 is 1. The van der Waals surface area contributed by atoms with Gasteiger partial charge in [0.2, 0.25) is 0 Å². The Morgan fingerprint density at radius 3 is 2.35 bits per heavy atom. The maximum Gasteiger partial charge on any atom is 0.119 e. The molecule has 0 saturated heterocycles. The van der Waals surface area contributed by atoms with E-state index in [1.165, 1.54) is 5.69 Å². The van der Waals surface area contributed by atoms with E-state index in [-0.39, 0.29) is 5.54 Å². The van der Waals surface area contributed by atoms with Crippen LogP contribution in [0.15, 0.2) is 24.3 Å². The Kier molecular flexibility index (Phi) is 3.64. The van der Waals surface area contributed by atoms with E-state index in [9.17, 15) is 0 Å². The molecular formula is C13H17NOS2. The van der Waals surface area contributed by atoms with E-state index in [1.807, 2.05) is 12.1 Å². The smallest absolute Gasteiger partial charge is 0.119 e. The fourth-order valence-electron chi connectivity index (χ4n) is 2.04. The van der Waals surface area contributed by atoms with Gasteiger partial charge in [-0.05, 0) is 43.4 Å². The Morgan fingerprint density at radius 2 is 1.94 bits per heavy atom. The number of ether oxygens (including phenoxy) is 1. The molecule has 0 unspecified atom stereocenters. The van der Waals surface area contributed by atoms with Gasteiger partial charge in [0.15, 0.2) is 0 Å². The van der Waals surface area contributed by atoms with Crippen LogP contribution in [-0.2, 0) is 0 Å². The molecule has 0 heterocycles. The zero-order valence-corrected chi connectivity index (χ0v) is 12.0. The first-order chi connectivity index (χ1) is 8.14. The van der Waals surface area contributed by atoms with E-state index in [0.717, 1.165) is 22.8 Å². The van der Waals surface area contributed by atoms with Gasteiger partial charge in [-0.3, -0.25) is 0 Å². The van der Waals surface area contributed by atoms with E-state index >= 15 is 0 Å². The fourth-order valence-corrected chi connectivity index (χ4v) is 3.10. The first kappa shape index (κ1) is 12.7. The van der Waals surface area contributed by atoms with Gasteiger partial charge < -0.3 is 9.64 Å². The van der Waals surface area contributed by atoms with Crippen LogP contribution >= 0.6 is 24.0 Å². The van der Waals surface area contributed by atoms with Crippen molar-refractivity contribution in [3.63, 3.8) is 0 Å². The average Bonchev–Trinajstić information content (AvgIpc) is 3.18. The molecule has 1 aliphatic rings. The summed E-state index contributed by atoms with van der Waals surface area (Å²) < 4.78 is 6.26. The molecule has 0 radical (unpaired) electrons. The summed E-state index contributed by atoms with van der Waals surface area (Å²) in [6, 6.07) is 8.15. The van der Waals surface area contributed by atoms with Crippen molar-refractivity contribution >= 4 is 33.9 Å².